The Morgan fingerprint density at radius 1 is 0.750 bits per heavy atom. The summed E-state index contributed by atoms with van der Waals surface area (Å²) in [5.41, 5.74) is 5.50. The molecule has 4 aromatic rings. The molecular weight excluding hydrogens is 432 g/mol. The highest BCUT2D eigenvalue weighted by atomic mass is 79.9. The van der Waals surface area contributed by atoms with E-state index in [-0.39, 0.29) is 23.6 Å². The maximum absolute atomic E-state index is 9.53. The molecular formula is C23H21BrN2OS. The largest absolute Gasteiger partial charge is 0.395 e. The van der Waals surface area contributed by atoms with Gasteiger partial charge in [0, 0.05) is 11.9 Å². The van der Waals surface area contributed by atoms with E-state index in [0.29, 0.717) is 6.54 Å². The van der Waals surface area contributed by atoms with Gasteiger partial charge in [0.25, 0.3) is 0 Å². The molecule has 4 rings (SSSR count). The number of para-hydroxylation sites is 1. The van der Waals surface area contributed by atoms with Crippen LogP contribution in [0.3, 0.4) is 0 Å². The van der Waals surface area contributed by atoms with Gasteiger partial charge in [-0.1, -0.05) is 72.8 Å². The zero-order valence-corrected chi connectivity index (χ0v) is 17.8. The minimum atomic E-state index is 0. The molecule has 28 heavy (non-hydrogen) atoms. The summed E-state index contributed by atoms with van der Waals surface area (Å²) in [6.45, 7) is 0.596. The fraction of sp³-hybridized carbons (Fsp3) is 0.0870. The molecule has 1 heterocycles. The third kappa shape index (κ3) is 4.50. The molecule has 1 aromatic heterocycles. The Morgan fingerprint density at radius 3 is 1.96 bits per heavy atom. The van der Waals surface area contributed by atoms with E-state index in [4.69, 9.17) is 4.99 Å². The van der Waals surface area contributed by atoms with Gasteiger partial charge >= 0.3 is 0 Å². The van der Waals surface area contributed by atoms with Crippen LogP contribution in [0.2, 0.25) is 0 Å². The number of benzene rings is 3. The van der Waals surface area contributed by atoms with E-state index in [1.807, 2.05) is 36.4 Å². The highest BCUT2D eigenvalue weighted by Crippen LogP contribution is 2.25. The minimum absolute atomic E-state index is 0. The van der Waals surface area contributed by atoms with Gasteiger partial charge in [0.1, 0.15) is 0 Å². The van der Waals surface area contributed by atoms with Crippen LogP contribution in [-0.2, 0) is 6.54 Å². The zero-order valence-electron chi connectivity index (χ0n) is 15.2. The molecule has 1 N–H and O–H groups in total. The Bertz CT molecular complexity index is 1070. The predicted molar refractivity (Wildman–Crippen MR) is 122 cm³/mol. The molecule has 142 valence electrons. The Kier molecular flexibility index (Phi) is 6.98. The van der Waals surface area contributed by atoms with E-state index in [2.05, 4.69) is 58.5 Å². The standard InChI is InChI=1S/C23H20N2OS.BrH/c26-16-15-25-22(17-27-23(25)24-21-9-5-2-6-10-21)20-13-11-19(12-14-20)18-7-3-1-4-8-18;/h1-14,17,26H,15-16H2;1H. The molecule has 0 aliphatic heterocycles. The first-order chi connectivity index (χ1) is 13.3. The van der Waals surface area contributed by atoms with Gasteiger partial charge in [0.05, 0.1) is 18.0 Å². The number of hydrogen-bond acceptors (Lipinski definition) is 3. The van der Waals surface area contributed by atoms with Crippen LogP contribution in [0.4, 0.5) is 5.69 Å². The normalized spacial score (nSPS) is 11.2. The molecule has 0 aliphatic rings. The summed E-state index contributed by atoms with van der Waals surface area (Å²) >= 11 is 1.59. The topological polar surface area (TPSA) is 37.5 Å². The van der Waals surface area contributed by atoms with Crippen molar-refractivity contribution in [1.82, 2.24) is 4.57 Å². The van der Waals surface area contributed by atoms with Gasteiger partial charge in [-0.2, -0.15) is 0 Å². The van der Waals surface area contributed by atoms with Crippen molar-refractivity contribution in [1.29, 1.82) is 0 Å². The first-order valence-corrected chi connectivity index (χ1v) is 9.78. The Balaban J connectivity index is 0.00000225. The summed E-state index contributed by atoms with van der Waals surface area (Å²) in [6, 6.07) is 28.8. The van der Waals surface area contributed by atoms with Crippen molar-refractivity contribution in [3.8, 4) is 22.4 Å². The number of halogens is 1. The maximum Gasteiger partial charge on any atom is 0.190 e. The highest BCUT2D eigenvalue weighted by molar-refractivity contribution is 8.93. The van der Waals surface area contributed by atoms with E-state index in [1.54, 1.807) is 11.3 Å². The van der Waals surface area contributed by atoms with Crippen LogP contribution in [-0.4, -0.2) is 16.3 Å². The average molecular weight is 453 g/mol. The monoisotopic (exact) mass is 452 g/mol. The van der Waals surface area contributed by atoms with E-state index in [9.17, 15) is 5.11 Å². The van der Waals surface area contributed by atoms with Gasteiger partial charge < -0.3 is 9.67 Å². The molecule has 0 unspecified atom stereocenters. The molecule has 0 saturated carbocycles. The lowest BCUT2D eigenvalue weighted by Gasteiger charge is -2.09. The molecule has 0 fully saturated rings. The van der Waals surface area contributed by atoms with Crippen LogP contribution in [0.5, 0.6) is 0 Å². The number of hydrogen-bond donors (Lipinski definition) is 1. The van der Waals surface area contributed by atoms with E-state index in [1.165, 1.54) is 11.1 Å². The van der Waals surface area contributed by atoms with Gasteiger partial charge in [-0.05, 0) is 28.8 Å². The highest BCUT2D eigenvalue weighted by Gasteiger charge is 2.08. The van der Waals surface area contributed by atoms with Crippen molar-refractivity contribution in [3.63, 3.8) is 0 Å². The molecule has 0 aliphatic carbocycles. The number of rotatable bonds is 5. The molecule has 3 aromatic carbocycles. The van der Waals surface area contributed by atoms with E-state index >= 15 is 0 Å². The fourth-order valence-electron chi connectivity index (χ4n) is 3.04. The number of aromatic nitrogens is 1. The number of aliphatic hydroxyl groups is 1. The molecule has 0 saturated heterocycles. The third-order valence-electron chi connectivity index (χ3n) is 4.39. The summed E-state index contributed by atoms with van der Waals surface area (Å²) in [6.07, 6.45) is 0. The first-order valence-electron chi connectivity index (χ1n) is 8.90. The lowest BCUT2D eigenvalue weighted by Crippen LogP contribution is -2.17. The van der Waals surface area contributed by atoms with E-state index in [0.717, 1.165) is 21.7 Å². The number of thiazole rings is 1. The molecule has 0 atom stereocenters. The van der Waals surface area contributed by atoms with Crippen molar-refractivity contribution in [2.75, 3.05) is 6.61 Å². The first kappa shape index (κ1) is 20.3. The molecule has 0 radical (unpaired) electrons. The van der Waals surface area contributed by atoms with Crippen molar-refractivity contribution in [2.45, 2.75) is 6.54 Å². The molecule has 0 amide bonds. The Labute approximate surface area is 179 Å². The number of aliphatic hydroxyl groups excluding tert-OH is 1. The number of nitrogens with zero attached hydrogens (tertiary/aromatic N) is 2. The maximum atomic E-state index is 9.53. The van der Waals surface area contributed by atoms with Crippen molar-refractivity contribution >= 4 is 34.0 Å². The predicted octanol–water partition coefficient (Wildman–Crippen LogP) is 5.69. The lowest BCUT2D eigenvalue weighted by atomic mass is 10.0. The smallest absolute Gasteiger partial charge is 0.190 e. The van der Waals surface area contributed by atoms with Crippen LogP contribution in [0, 0.1) is 0 Å². The summed E-state index contributed by atoms with van der Waals surface area (Å²) in [5.74, 6) is 0. The van der Waals surface area contributed by atoms with Crippen LogP contribution in [0.25, 0.3) is 22.4 Å². The second-order valence-corrected chi connectivity index (χ2v) is 7.01. The molecule has 3 nitrogen and oxygen atoms in total. The minimum Gasteiger partial charge on any atom is -0.395 e. The summed E-state index contributed by atoms with van der Waals surface area (Å²) in [7, 11) is 0. The average Bonchev–Trinajstić information content (AvgIpc) is 3.12. The van der Waals surface area contributed by atoms with Gasteiger partial charge in [0.15, 0.2) is 4.80 Å². The van der Waals surface area contributed by atoms with Gasteiger partial charge in [-0.25, -0.2) is 4.99 Å². The molecule has 5 heteroatoms. The van der Waals surface area contributed by atoms with Crippen molar-refractivity contribution in [2.24, 2.45) is 4.99 Å². The van der Waals surface area contributed by atoms with Crippen LogP contribution < -0.4 is 4.80 Å². The van der Waals surface area contributed by atoms with Crippen LogP contribution in [0.1, 0.15) is 0 Å². The molecule has 0 bridgehead atoms. The van der Waals surface area contributed by atoms with Crippen molar-refractivity contribution in [3.05, 3.63) is 95.1 Å². The second-order valence-electron chi connectivity index (χ2n) is 6.17. The van der Waals surface area contributed by atoms with Gasteiger partial charge in [-0.3, -0.25) is 0 Å². The Hall–Kier alpha value is -2.47. The fourth-order valence-corrected chi connectivity index (χ4v) is 4.00. The summed E-state index contributed by atoms with van der Waals surface area (Å²) in [5, 5.41) is 11.6. The third-order valence-corrected chi connectivity index (χ3v) is 5.25. The van der Waals surface area contributed by atoms with Crippen LogP contribution >= 0.6 is 28.3 Å². The van der Waals surface area contributed by atoms with Gasteiger partial charge in [0.2, 0.25) is 0 Å². The van der Waals surface area contributed by atoms with E-state index < -0.39 is 0 Å². The second kappa shape index (κ2) is 9.64. The van der Waals surface area contributed by atoms with Crippen LogP contribution in [0.15, 0.2) is 95.3 Å². The summed E-state index contributed by atoms with van der Waals surface area (Å²) < 4.78 is 2.08. The van der Waals surface area contributed by atoms with Crippen molar-refractivity contribution < 1.29 is 5.11 Å². The van der Waals surface area contributed by atoms with Gasteiger partial charge in [-0.15, -0.1) is 28.3 Å². The summed E-state index contributed by atoms with van der Waals surface area (Å²) in [4.78, 5) is 5.63. The zero-order chi connectivity index (χ0) is 18.5. The lowest BCUT2D eigenvalue weighted by molar-refractivity contribution is 0.275. The SMILES string of the molecule is Br.OCCn1c(-c2ccc(-c3ccccc3)cc2)csc1=Nc1ccccc1. The quantitative estimate of drug-likeness (QED) is 0.415. The molecule has 0 spiro atoms. The Morgan fingerprint density at radius 2 is 1.32 bits per heavy atom.